The largest absolute Gasteiger partial charge is 0.435 e. The highest BCUT2D eigenvalue weighted by Gasteiger charge is 2.07. The van der Waals surface area contributed by atoms with E-state index in [1.54, 1.807) is 0 Å². The van der Waals surface area contributed by atoms with Crippen LogP contribution < -0.4 is 0 Å². The van der Waals surface area contributed by atoms with Crippen molar-refractivity contribution in [3.63, 3.8) is 0 Å². The Morgan fingerprint density at radius 3 is 2.60 bits per heavy atom. The molecule has 0 atom stereocenters. The molecule has 10 heavy (non-hydrogen) atoms. The van der Waals surface area contributed by atoms with Crippen LogP contribution in [0.15, 0.2) is 12.8 Å². The number of carbonyl (C=O) groups is 2. The second-order valence-electron chi connectivity index (χ2n) is 1.51. The molecule has 4 heteroatoms. The van der Waals surface area contributed by atoms with E-state index >= 15 is 0 Å². The topological polar surface area (TPSA) is 43.4 Å². The fourth-order valence-electron chi connectivity index (χ4n) is 0.343. The van der Waals surface area contributed by atoms with Crippen LogP contribution in [0.5, 0.6) is 0 Å². The van der Waals surface area contributed by atoms with Gasteiger partial charge in [0.1, 0.15) is 6.42 Å². The van der Waals surface area contributed by atoms with E-state index in [0.29, 0.717) is 0 Å². The molecule has 0 aromatic rings. The van der Waals surface area contributed by atoms with Crippen molar-refractivity contribution in [2.24, 2.45) is 0 Å². The van der Waals surface area contributed by atoms with E-state index in [0.717, 1.165) is 6.26 Å². The van der Waals surface area contributed by atoms with Gasteiger partial charge in [0, 0.05) is 0 Å². The molecule has 0 aliphatic carbocycles. The molecular formula is C6H7ClO3. The third-order valence-corrected chi connectivity index (χ3v) is 1.00. The number of esters is 1. The van der Waals surface area contributed by atoms with Crippen LogP contribution in [0.3, 0.4) is 0 Å². The Hall–Kier alpha value is -0.830. The summed E-state index contributed by atoms with van der Waals surface area (Å²) in [6.07, 6.45) is 0.694. The molecule has 0 radical (unpaired) electrons. The molecule has 0 aliphatic heterocycles. The quantitative estimate of drug-likeness (QED) is 0.267. The Kier molecular flexibility index (Phi) is 4.58. The number of ether oxygens (including phenoxy) is 1. The lowest BCUT2D eigenvalue weighted by molar-refractivity contribution is -0.140. The Bertz CT molecular complexity index is 153. The second kappa shape index (κ2) is 4.99. The van der Waals surface area contributed by atoms with Crippen molar-refractivity contribution in [3.05, 3.63) is 12.8 Å². The van der Waals surface area contributed by atoms with Crippen LogP contribution in [0, 0.1) is 0 Å². The van der Waals surface area contributed by atoms with E-state index in [9.17, 15) is 9.59 Å². The van der Waals surface area contributed by atoms with Crippen LogP contribution in [0.1, 0.15) is 6.42 Å². The number of hydrogen-bond donors (Lipinski definition) is 0. The molecule has 0 fully saturated rings. The lowest BCUT2D eigenvalue weighted by atomic mass is 10.3. The van der Waals surface area contributed by atoms with Gasteiger partial charge in [-0.3, -0.25) is 9.59 Å². The SMILES string of the molecule is C=COC(=O)CC(=O)CCl. The normalized spacial score (nSPS) is 8.50. The molecule has 0 aliphatic rings. The molecule has 0 rings (SSSR count). The van der Waals surface area contributed by atoms with Crippen LogP contribution >= 0.6 is 11.6 Å². The van der Waals surface area contributed by atoms with Gasteiger partial charge in [-0.25, -0.2) is 0 Å². The smallest absolute Gasteiger partial charge is 0.318 e. The monoisotopic (exact) mass is 162 g/mol. The molecule has 0 bridgehead atoms. The van der Waals surface area contributed by atoms with Gasteiger partial charge >= 0.3 is 5.97 Å². The molecule has 0 N–H and O–H groups in total. The maximum absolute atomic E-state index is 10.4. The van der Waals surface area contributed by atoms with Gasteiger partial charge in [0.05, 0.1) is 12.1 Å². The number of ketones is 1. The first-order chi connectivity index (χ1) is 4.70. The van der Waals surface area contributed by atoms with Crippen LogP contribution in [0.25, 0.3) is 0 Å². The van der Waals surface area contributed by atoms with Crippen molar-refractivity contribution >= 4 is 23.4 Å². The summed E-state index contributed by atoms with van der Waals surface area (Å²) < 4.78 is 4.26. The summed E-state index contributed by atoms with van der Waals surface area (Å²) in [6.45, 7) is 3.15. The first-order valence-electron chi connectivity index (χ1n) is 2.58. The maximum atomic E-state index is 10.4. The number of alkyl halides is 1. The van der Waals surface area contributed by atoms with Gasteiger partial charge in [0.25, 0.3) is 0 Å². The second-order valence-corrected chi connectivity index (χ2v) is 1.77. The molecule has 0 aromatic heterocycles. The first-order valence-corrected chi connectivity index (χ1v) is 3.12. The van der Waals surface area contributed by atoms with Gasteiger partial charge < -0.3 is 4.74 Å². The van der Waals surface area contributed by atoms with Crippen molar-refractivity contribution in [2.75, 3.05) is 5.88 Å². The molecule has 0 amide bonds. The zero-order valence-corrected chi connectivity index (χ0v) is 6.06. The average Bonchev–Trinajstić information content (AvgIpc) is 1.88. The predicted molar refractivity (Wildman–Crippen MR) is 36.6 cm³/mol. The molecule has 0 aromatic carbocycles. The van der Waals surface area contributed by atoms with E-state index in [4.69, 9.17) is 11.6 Å². The molecule has 0 heterocycles. The van der Waals surface area contributed by atoms with E-state index in [1.165, 1.54) is 0 Å². The molecule has 0 spiro atoms. The summed E-state index contributed by atoms with van der Waals surface area (Å²) in [5.74, 6) is -1.14. The lowest BCUT2D eigenvalue weighted by Gasteiger charge is -1.93. The highest BCUT2D eigenvalue weighted by Crippen LogP contribution is 1.90. The molecule has 0 saturated heterocycles. The van der Waals surface area contributed by atoms with Crippen molar-refractivity contribution in [2.45, 2.75) is 6.42 Å². The van der Waals surface area contributed by atoms with Crippen molar-refractivity contribution in [1.29, 1.82) is 0 Å². The van der Waals surface area contributed by atoms with Gasteiger partial charge in [0.15, 0.2) is 5.78 Å². The number of Topliss-reactive ketones (excluding diaryl/α,β-unsaturated/α-hetero) is 1. The Morgan fingerprint density at radius 2 is 2.20 bits per heavy atom. The third kappa shape index (κ3) is 4.09. The Morgan fingerprint density at radius 1 is 1.60 bits per heavy atom. The molecular weight excluding hydrogens is 156 g/mol. The fraction of sp³-hybridized carbons (Fsp3) is 0.333. The third-order valence-electron chi connectivity index (χ3n) is 0.705. The standard InChI is InChI=1S/C6H7ClO3/c1-2-10-6(9)3-5(8)4-7/h2H,1,3-4H2. The minimum Gasteiger partial charge on any atom is -0.435 e. The van der Waals surface area contributed by atoms with Crippen molar-refractivity contribution < 1.29 is 14.3 Å². The maximum Gasteiger partial charge on any atom is 0.318 e. The summed E-state index contributed by atoms with van der Waals surface area (Å²) in [7, 11) is 0. The number of rotatable bonds is 4. The number of hydrogen-bond acceptors (Lipinski definition) is 3. The fourth-order valence-corrected chi connectivity index (χ4v) is 0.437. The zero-order valence-electron chi connectivity index (χ0n) is 5.30. The molecule has 0 saturated carbocycles. The van der Waals surface area contributed by atoms with Gasteiger partial charge in [-0.2, -0.15) is 0 Å². The van der Waals surface area contributed by atoms with Gasteiger partial charge in [0.2, 0.25) is 0 Å². The van der Waals surface area contributed by atoms with Crippen LogP contribution in [-0.4, -0.2) is 17.6 Å². The highest BCUT2D eigenvalue weighted by atomic mass is 35.5. The van der Waals surface area contributed by atoms with E-state index in [2.05, 4.69) is 11.3 Å². The zero-order chi connectivity index (χ0) is 7.98. The summed E-state index contributed by atoms with van der Waals surface area (Å²) in [5.41, 5.74) is 0. The lowest BCUT2D eigenvalue weighted by Crippen LogP contribution is -2.09. The highest BCUT2D eigenvalue weighted by molar-refractivity contribution is 6.28. The number of carbonyl (C=O) groups excluding carboxylic acids is 2. The molecule has 56 valence electrons. The van der Waals surface area contributed by atoms with E-state index in [-0.39, 0.29) is 18.1 Å². The van der Waals surface area contributed by atoms with Crippen molar-refractivity contribution in [3.8, 4) is 0 Å². The minimum absolute atomic E-state index is 0.160. The molecule has 0 unspecified atom stereocenters. The predicted octanol–water partition coefficient (Wildman–Crippen LogP) is 0.871. The van der Waals surface area contributed by atoms with E-state index in [1.807, 2.05) is 0 Å². The number of halogens is 1. The van der Waals surface area contributed by atoms with Crippen LogP contribution in [-0.2, 0) is 14.3 Å². The first kappa shape index (κ1) is 9.17. The van der Waals surface area contributed by atoms with Gasteiger partial charge in [-0.1, -0.05) is 6.58 Å². The minimum atomic E-state index is -0.624. The molecule has 3 nitrogen and oxygen atoms in total. The Labute approximate surface area is 63.6 Å². The van der Waals surface area contributed by atoms with Crippen LogP contribution in [0.4, 0.5) is 0 Å². The summed E-state index contributed by atoms with van der Waals surface area (Å²) >= 11 is 5.11. The van der Waals surface area contributed by atoms with Gasteiger partial charge in [-0.05, 0) is 0 Å². The summed E-state index contributed by atoms with van der Waals surface area (Å²) in [5, 5.41) is 0. The summed E-state index contributed by atoms with van der Waals surface area (Å²) in [6, 6.07) is 0. The summed E-state index contributed by atoms with van der Waals surface area (Å²) in [4.78, 5) is 20.9. The Balaban J connectivity index is 3.57. The van der Waals surface area contributed by atoms with Crippen molar-refractivity contribution in [1.82, 2.24) is 0 Å². The average molecular weight is 163 g/mol. The van der Waals surface area contributed by atoms with E-state index < -0.39 is 5.97 Å². The van der Waals surface area contributed by atoms with Gasteiger partial charge in [-0.15, -0.1) is 11.6 Å². The van der Waals surface area contributed by atoms with Crippen LogP contribution in [0.2, 0.25) is 0 Å².